The first-order chi connectivity index (χ1) is 9.79. The van der Waals surface area contributed by atoms with Gasteiger partial charge in [0.1, 0.15) is 5.69 Å². The van der Waals surface area contributed by atoms with E-state index in [2.05, 4.69) is 22.5 Å². The average molecular weight is 277 g/mol. The molecule has 0 aliphatic carbocycles. The molecule has 1 aliphatic heterocycles. The molecule has 1 atom stereocenters. The first kappa shape index (κ1) is 14.8. The zero-order valence-corrected chi connectivity index (χ0v) is 12.0. The first-order valence-corrected chi connectivity index (χ1v) is 7.39. The van der Waals surface area contributed by atoms with Crippen molar-refractivity contribution in [1.82, 2.24) is 10.3 Å². The highest BCUT2D eigenvalue weighted by Crippen LogP contribution is 2.11. The summed E-state index contributed by atoms with van der Waals surface area (Å²) in [6.45, 7) is 4.43. The Hall–Kier alpha value is -1.62. The van der Waals surface area contributed by atoms with Crippen molar-refractivity contribution < 1.29 is 9.53 Å². The van der Waals surface area contributed by atoms with Crippen molar-refractivity contribution in [2.75, 3.05) is 25.0 Å². The molecule has 1 saturated heterocycles. The highest BCUT2D eigenvalue weighted by molar-refractivity contribution is 5.93. The Balaban J connectivity index is 1.83. The van der Waals surface area contributed by atoms with Gasteiger partial charge in [-0.2, -0.15) is 0 Å². The van der Waals surface area contributed by atoms with Crippen molar-refractivity contribution in [3.8, 4) is 0 Å². The van der Waals surface area contributed by atoms with Crippen LogP contribution in [0.4, 0.5) is 5.69 Å². The number of carbonyl (C=O) groups excluding carboxylic acids is 1. The molecule has 0 aromatic carbocycles. The smallest absolute Gasteiger partial charge is 0.270 e. The Labute approximate surface area is 120 Å². The van der Waals surface area contributed by atoms with Crippen LogP contribution in [0.2, 0.25) is 0 Å². The molecule has 20 heavy (non-hydrogen) atoms. The molecule has 1 aliphatic rings. The molecule has 1 aromatic heterocycles. The fraction of sp³-hybridized carbons (Fsp3) is 0.600. The van der Waals surface area contributed by atoms with Crippen LogP contribution in [-0.4, -0.2) is 36.7 Å². The van der Waals surface area contributed by atoms with E-state index in [0.29, 0.717) is 12.2 Å². The summed E-state index contributed by atoms with van der Waals surface area (Å²) >= 11 is 0. The zero-order valence-electron chi connectivity index (χ0n) is 12.0. The Morgan fingerprint density at radius 1 is 1.55 bits per heavy atom. The number of aromatic nitrogens is 1. The summed E-state index contributed by atoms with van der Waals surface area (Å²) in [6.07, 6.45) is 6.18. The summed E-state index contributed by atoms with van der Waals surface area (Å²) in [5.41, 5.74) is 1.39. The minimum absolute atomic E-state index is 0.139. The molecule has 0 radical (unpaired) electrons. The first-order valence-electron chi connectivity index (χ1n) is 7.39. The molecule has 1 fully saturated rings. The van der Waals surface area contributed by atoms with Gasteiger partial charge in [-0.1, -0.05) is 13.3 Å². The maximum Gasteiger partial charge on any atom is 0.270 e. The van der Waals surface area contributed by atoms with Gasteiger partial charge in [-0.3, -0.25) is 9.78 Å². The van der Waals surface area contributed by atoms with Crippen LogP contribution in [0.1, 0.15) is 43.1 Å². The number of carbonyl (C=O) groups is 1. The van der Waals surface area contributed by atoms with Crippen LogP contribution >= 0.6 is 0 Å². The fourth-order valence-electron chi connectivity index (χ4n) is 2.18. The number of unbranched alkanes of at least 4 members (excludes halogenated alkanes) is 1. The van der Waals surface area contributed by atoms with Crippen molar-refractivity contribution in [3.05, 3.63) is 24.0 Å². The number of nitrogens with one attached hydrogen (secondary N) is 2. The highest BCUT2D eigenvalue weighted by atomic mass is 16.5. The minimum Gasteiger partial charge on any atom is -0.385 e. The van der Waals surface area contributed by atoms with E-state index in [4.69, 9.17) is 4.74 Å². The summed E-state index contributed by atoms with van der Waals surface area (Å²) in [5, 5.41) is 6.17. The predicted octanol–water partition coefficient (Wildman–Crippen LogP) is 2.20. The fourth-order valence-corrected chi connectivity index (χ4v) is 2.18. The number of hydrogen-bond donors (Lipinski definition) is 2. The molecular weight excluding hydrogens is 254 g/mol. The van der Waals surface area contributed by atoms with Gasteiger partial charge in [0.2, 0.25) is 0 Å². The van der Waals surface area contributed by atoms with Crippen molar-refractivity contribution in [2.45, 2.75) is 38.7 Å². The second-order valence-corrected chi connectivity index (χ2v) is 5.06. The Kier molecular flexibility index (Phi) is 5.80. The lowest BCUT2D eigenvalue weighted by Gasteiger charge is -2.11. The molecule has 1 aromatic rings. The minimum atomic E-state index is -0.139. The van der Waals surface area contributed by atoms with Crippen LogP contribution in [0.15, 0.2) is 18.3 Å². The van der Waals surface area contributed by atoms with Crippen LogP contribution in [0.3, 0.4) is 0 Å². The van der Waals surface area contributed by atoms with E-state index in [1.165, 1.54) is 0 Å². The van der Waals surface area contributed by atoms with E-state index in [9.17, 15) is 4.79 Å². The molecule has 5 nitrogen and oxygen atoms in total. The third-order valence-corrected chi connectivity index (χ3v) is 3.37. The third-order valence-electron chi connectivity index (χ3n) is 3.37. The van der Waals surface area contributed by atoms with E-state index in [0.717, 1.165) is 44.5 Å². The molecule has 1 unspecified atom stereocenters. The third kappa shape index (κ3) is 4.49. The van der Waals surface area contributed by atoms with Crippen LogP contribution in [0, 0.1) is 0 Å². The lowest BCUT2D eigenvalue weighted by Crippen LogP contribution is -2.32. The summed E-state index contributed by atoms with van der Waals surface area (Å²) in [7, 11) is 0. The quantitative estimate of drug-likeness (QED) is 0.750. The van der Waals surface area contributed by atoms with Crippen LogP contribution in [0.5, 0.6) is 0 Å². The van der Waals surface area contributed by atoms with E-state index >= 15 is 0 Å². The van der Waals surface area contributed by atoms with Gasteiger partial charge in [-0.15, -0.1) is 0 Å². The van der Waals surface area contributed by atoms with Gasteiger partial charge in [-0.25, -0.2) is 0 Å². The molecule has 0 bridgehead atoms. The molecule has 5 heteroatoms. The van der Waals surface area contributed by atoms with Gasteiger partial charge in [0.05, 0.1) is 6.10 Å². The normalized spacial score (nSPS) is 17.9. The number of anilines is 1. The number of hydrogen-bond acceptors (Lipinski definition) is 4. The van der Waals surface area contributed by atoms with Gasteiger partial charge in [-0.05, 0) is 31.4 Å². The average Bonchev–Trinajstić information content (AvgIpc) is 2.99. The van der Waals surface area contributed by atoms with Crippen molar-refractivity contribution in [3.63, 3.8) is 0 Å². The molecule has 110 valence electrons. The van der Waals surface area contributed by atoms with E-state index in [1.54, 1.807) is 12.3 Å². The molecule has 0 spiro atoms. The lowest BCUT2D eigenvalue weighted by molar-refractivity contribution is 0.0854. The Morgan fingerprint density at radius 3 is 3.20 bits per heavy atom. The summed E-state index contributed by atoms with van der Waals surface area (Å²) in [4.78, 5) is 16.1. The lowest BCUT2D eigenvalue weighted by atomic mass is 10.2. The van der Waals surface area contributed by atoms with E-state index in [1.807, 2.05) is 6.07 Å². The number of pyridine rings is 1. The van der Waals surface area contributed by atoms with E-state index in [-0.39, 0.29) is 12.0 Å². The zero-order chi connectivity index (χ0) is 14.2. The van der Waals surface area contributed by atoms with Crippen molar-refractivity contribution in [2.24, 2.45) is 0 Å². The largest absolute Gasteiger partial charge is 0.385 e. The maximum atomic E-state index is 12.0. The second-order valence-electron chi connectivity index (χ2n) is 5.06. The second kappa shape index (κ2) is 7.85. The molecular formula is C15H23N3O2. The molecule has 2 heterocycles. The summed E-state index contributed by atoms with van der Waals surface area (Å²) < 4.78 is 5.48. The molecule has 0 saturated carbocycles. The Morgan fingerprint density at radius 2 is 2.45 bits per heavy atom. The van der Waals surface area contributed by atoms with Gasteiger partial charge in [0.25, 0.3) is 5.91 Å². The van der Waals surface area contributed by atoms with Crippen molar-refractivity contribution in [1.29, 1.82) is 0 Å². The predicted molar refractivity (Wildman–Crippen MR) is 78.9 cm³/mol. The molecule has 2 rings (SSSR count). The van der Waals surface area contributed by atoms with Gasteiger partial charge in [0, 0.05) is 31.6 Å². The van der Waals surface area contributed by atoms with Crippen LogP contribution in [0.25, 0.3) is 0 Å². The standard InChI is InChI=1S/C15H23N3O2/c1-2-3-7-16-12-6-8-17-14(10-12)15(19)18-11-13-5-4-9-20-13/h6,8,10,13H,2-5,7,9,11H2,1H3,(H,16,17)(H,18,19). The summed E-state index contributed by atoms with van der Waals surface area (Å²) in [6, 6.07) is 3.67. The van der Waals surface area contributed by atoms with E-state index < -0.39 is 0 Å². The number of nitrogens with zero attached hydrogens (tertiary/aromatic N) is 1. The molecule has 1 amide bonds. The topological polar surface area (TPSA) is 63.2 Å². The number of rotatable bonds is 7. The molecule has 2 N–H and O–H groups in total. The van der Waals surface area contributed by atoms with Crippen LogP contribution < -0.4 is 10.6 Å². The van der Waals surface area contributed by atoms with Gasteiger partial charge < -0.3 is 15.4 Å². The van der Waals surface area contributed by atoms with Gasteiger partial charge in [0.15, 0.2) is 0 Å². The SMILES string of the molecule is CCCCNc1ccnc(C(=O)NCC2CCCO2)c1. The van der Waals surface area contributed by atoms with Crippen molar-refractivity contribution >= 4 is 11.6 Å². The van der Waals surface area contributed by atoms with Gasteiger partial charge >= 0.3 is 0 Å². The monoisotopic (exact) mass is 277 g/mol. The maximum absolute atomic E-state index is 12.0. The Bertz CT molecular complexity index is 431. The number of amides is 1. The number of ether oxygens (including phenoxy) is 1. The summed E-state index contributed by atoms with van der Waals surface area (Å²) in [5.74, 6) is -0.139. The highest BCUT2D eigenvalue weighted by Gasteiger charge is 2.17. The van der Waals surface area contributed by atoms with Crippen LogP contribution in [-0.2, 0) is 4.74 Å².